The van der Waals surface area contributed by atoms with Crippen molar-refractivity contribution < 1.29 is 12.8 Å². The van der Waals surface area contributed by atoms with Gasteiger partial charge in [0.15, 0.2) is 0 Å². The molecule has 0 heterocycles. The maximum Gasteiger partial charge on any atom is 0.241 e. The van der Waals surface area contributed by atoms with Crippen LogP contribution in [-0.2, 0) is 10.0 Å². The number of sulfonamides is 1. The van der Waals surface area contributed by atoms with Crippen LogP contribution in [0.1, 0.15) is 32.1 Å². The number of halogens is 1. The molecule has 0 atom stereocenters. The van der Waals surface area contributed by atoms with E-state index in [2.05, 4.69) is 4.72 Å². The van der Waals surface area contributed by atoms with E-state index in [9.17, 15) is 12.8 Å². The summed E-state index contributed by atoms with van der Waals surface area (Å²) in [6, 6.07) is 4.69. The lowest BCUT2D eigenvalue weighted by atomic mass is 9.82. The average molecular weight is 316 g/mol. The van der Waals surface area contributed by atoms with Gasteiger partial charge in [0, 0.05) is 0 Å². The molecule has 7 heteroatoms. The van der Waals surface area contributed by atoms with E-state index < -0.39 is 21.4 Å². The van der Waals surface area contributed by atoms with Crippen LogP contribution in [0.4, 0.5) is 4.39 Å². The van der Waals surface area contributed by atoms with Crippen molar-refractivity contribution in [3.8, 4) is 0 Å². The fourth-order valence-electron chi connectivity index (χ4n) is 2.48. The van der Waals surface area contributed by atoms with Gasteiger partial charge in [-0.2, -0.15) is 4.72 Å². The quantitative estimate of drug-likeness (QED) is 0.834. The summed E-state index contributed by atoms with van der Waals surface area (Å²) in [7, 11) is -3.76. The first-order valence-corrected chi connectivity index (χ1v) is 8.34. The van der Waals surface area contributed by atoms with Gasteiger partial charge in [-0.05, 0) is 37.1 Å². The van der Waals surface area contributed by atoms with Crippen molar-refractivity contribution in [1.82, 2.24) is 4.72 Å². The Hall–Kier alpha value is -1.05. The van der Waals surface area contributed by atoms with Crippen molar-refractivity contribution >= 4 is 27.2 Å². The molecule has 0 saturated heterocycles. The van der Waals surface area contributed by atoms with E-state index in [4.69, 9.17) is 18.0 Å². The van der Waals surface area contributed by atoms with Gasteiger partial charge in [-0.1, -0.05) is 31.5 Å². The molecule has 0 aliphatic heterocycles. The zero-order valence-corrected chi connectivity index (χ0v) is 12.6. The van der Waals surface area contributed by atoms with Crippen LogP contribution in [0, 0.1) is 5.82 Å². The first kappa shape index (κ1) is 15.3. The molecule has 1 aliphatic rings. The van der Waals surface area contributed by atoms with Crippen molar-refractivity contribution in [2.75, 3.05) is 0 Å². The first-order valence-electron chi connectivity index (χ1n) is 6.45. The predicted octanol–water partition coefficient (Wildman–Crippen LogP) is 2.09. The second kappa shape index (κ2) is 5.75. The maximum atomic E-state index is 12.9. The molecule has 1 aromatic carbocycles. The second-order valence-electron chi connectivity index (χ2n) is 5.07. The zero-order valence-electron chi connectivity index (χ0n) is 10.9. The standard InChI is InChI=1S/C13H17FN2O2S2/c14-10-4-6-11(7-5-10)20(17,18)16-13(12(15)19)8-2-1-3-9-13/h4-7,16H,1-3,8-9H2,(H2,15,19). The van der Waals surface area contributed by atoms with Gasteiger partial charge in [-0.25, -0.2) is 12.8 Å². The van der Waals surface area contributed by atoms with Gasteiger partial charge in [0.2, 0.25) is 10.0 Å². The molecule has 1 aromatic rings. The van der Waals surface area contributed by atoms with Crippen LogP contribution in [0.15, 0.2) is 29.2 Å². The molecular formula is C13H17FN2O2S2. The highest BCUT2D eigenvalue weighted by atomic mass is 32.2. The summed E-state index contributed by atoms with van der Waals surface area (Å²) >= 11 is 5.06. The smallest absolute Gasteiger partial charge is 0.241 e. The highest BCUT2D eigenvalue weighted by Crippen LogP contribution is 2.30. The van der Waals surface area contributed by atoms with E-state index in [0.29, 0.717) is 12.8 Å². The molecule has 0 radical (unpaired) electrons. The van der Waals surface area contributed by atoms with Crippen molar-refractivity contribution in [2.45, 2.75) is 42.5 Å². The summed E-state index contributed by atoms with van der Waals surface area (Å²) in [6.07, 6.45) is 4.00. The lowest BCUT2D eigenvalue weighted by molar-refractivity contribution is 0.353. The van der Waals surface area contributed by atoms with Crippen molar-refractivity contribution in [3.05, 3.63) is 30.1 Å². The van der Waals surface area contributed by atoms with Crippen LogP contribution < -0.4 is 10.5 Å². The van der Waals surface area contributed by atoms with Gasteiger partial charge in [0.05, 0.1) is 15.4 Å². The Morgan fingerprint density at radius 3 is 2.25 bits per heavy atom. The molecule has 1 aliphatic carbocycles. The van der Waals surface area contributed by atoms with E-state index in [1.807, 2.05) is 0 Å². The van der Waals surface area contributed by atoms with Crippen molar-refractivity contribution in [3.63, 3.8) is 0 Å². The van der Waals surface area contributed by atoms with Crippen LogP contribution in [0.2, 0.25) is 0 Å². The van der Waals surface area contributed by atoms with Gasteiger partial charge >= 0.3 is 0 Å². The fourth-order valence-corrected chi connectivity index (χ4v) is 4.24. The van der Waals surface area contributed by atoms with Crippen LogP contribution in [-0.4, -0.2) is 18.9 Å². The Kier molecular flexibility index (Phi) is 4.41. The average Bonchev–Trinajstić information content (AvgIpc) is 2.39. The summed E-state index contributed by atoms with van der Waals surface area (Å²) in [5.41, 5.74) is 4.90. The molecule has 110 valence electrons. The minimum Gasteiger partial charge on any atom is -0.392 e. The molecule has 0 amide bonds. The Labute approximate surface area is 123 Å². The van der Waals surface area contributed by atoms with Gasteiger partial charge in [0.25, 0.3) is 0 Å². The minimum absolute atomic E-state index is 0.0140. The topological polar surface area (TPSA) is 72.2 Å². The number of hydrogen-bond donors (Lipinski definition) is 2. The molecule has 1 fully saturated rings. The SMILES string of the molecule is NC(=S)C1(NS(=O)(=O)c2ccc(F)cc2)CCCCC1. The van der Waals surface area contributed by atoms with Gasteiger partial charge in [0.1, 0.15) is 5.82 Å². The van der Waals surface area contributed by atoms with E-state index in [1.54, 1.807) is 0 Å². The van der Waals surface area contributed by atoms with Crippen molar-refractivity contribution in [2.24, 2.45) is 5.73 Å². The molecular weight excluding hydrogens is 299 g/mol. The Bertz CT molecular complexity index is 593. The third kappa shape index (κ3) is 3.16. The largest absolute Gasteiger partial charge is 0.392 e. The van der Waals surface area contributed by atoms with Crippen LogP contribution in [0.3, 0.4) is 0 Å². The predicted molar refractivity (Wildman–Crippen MR) is 79.3 cm³/mol. The summed E-state index contributed by atoms with van der Waals surface area (Å²) in [4.78, 5) is 0.183. The molecule has 2 rings (SSSR count). The molecule has 0 aromatic heterocycles. The fraction of sp³-hybridized carbons (Fsp3) is 0.462. The number of nitrogens with two attached hydrogens (primary N) is 1. The normalized spacial score (nSPS) is 18.6. The number of rotatable bonds is 4. The highest BCUT2D eigenvalue weighted by Gasteiger charge is 2.39. The number of hydrogen-bond acceptors (Lipinski definition) is 3. The lowest BCUT2D eigenvalue weighted by Crippen LogP contribution is -2.57. The summed E-state index contributed by atoms with van der Waals surface area (Å²) in [5.74, 6) is -0.481. The monoisotopic (exact) mass is 316 g/mol. The van der Waals surface area contributed by atoms with E-state index in [-0.39, 0.29) is 9.88 Å². The van der Waals surface area contributed by atoms with Crippen LogP contribution >= 0.6 is 12.2 Å². The highest BCUT2D eigenvalue weighted by molar-refractivity contribution is 7.89. The number of benzene rings is 1. The molecule has 3 N–H and O–H groups in total. The number of thiocarbonyl (C=S) groups is 1. The number of nitrogens with one attached hydrogen (secondary N) is 1. The zero-order chi connectivity index (χ0) is 14.8. The maximum absolute atomic E-state index is 12.9. The Morgan fingerprint density at radius 2 is 1.75 bits per heavy atom. The molecule has 0 spiro atoms. The summed E-state index contributed by atoms with van der Waals surface area (Å²) in [6.45, 7) is 0. The van der Waals surface area contributed by atoms with Gasteiger partial charge in [-0.3, -0.25) is 0 Å². The summed E-state index contributed by atoms with van der Waals surface area (Å²) in [5, 5.41) is 0. The van der Waals surface area contributed by atoms with E-state index in [0.717, 1.165) is 31.4 Å². The van der Waals surface area contributed by atoms with E-state index >= 15 is 0 Å². The molecule has 1 saturated carbocycles. The third-order valence-electron chi connectivity index (χ3n) is 3.63. The van der Waals surface area contributed by atoms with E-state index in [1.165, 1.54) is 12.1 Å². The van der Waals surface area contributed by atoms with Crippen LogP contribution in [0.5, 0.6) is 0 Å². The third-order valence-corrected chi connectivity index (χ3v) is 5.58. The van der Waals surface area contributed by atoms with Crippen LogP contribution in [0.25, 0.3) is 0 Å². The first-order chi connectivity index (χ1) is 9.36. The summed E-state index contributed by atoms with van der Waals surface area (Å²) < 4.78 is 40.3. The van der Waals surface area contributed by atoms with Gasteiger partial charge in [-0.15, -0.1) is 0 Å². The lowest BCUT2D eigenvalue weighted by Gasteiger charge is -2.36. The molecule has 4 nitrogen and oxygen atoms in total. The Morgan fingerprint density at radius 1 is 1.20 bits per heavy atom. The molecule has 0 bridgehead atoms. The van der Waals surface area contributed by atoms with Crippen molar-refractivity contribution in [1.29, 1.82) is 0 Å². The van der Waals surface area contributed by atoms with Gasteiger partial charge < -0.3 is 5.73 Å². The second-order valence-corrected chi connectivity index (χ2v) is 7.19. The molecule has 0 unspecified atom stereocenters. The Balaban J connectivity index is 2.30. The minimum atomic E-state index is -3.76. The molecule has 20 heavy (non-hydrogen) atoms.